The van der Waals surface area contributed by atoms with E-state index in [1.807, 2.05) is 24.3 Å². The third-order valence-corrected chi connectivity index (χ3v) is 4.50. The van der Waals surface area contributed by atoms with Crippen molar-refractivity contribution in [2.45, 2.75) is 33.1 Å². The Balaban J connectivity index is 1.85. The number of methoxy groups -OCH3 is 1. The van der Waals surface area contributed by atoms with Crippen LogP contribution in [0.5, 0.6) is 11.5 Å². The first-order valence-corrected chi connectivity index (χ1v) is 9.62. The Morgan fingerprint density at radius 2 is 1.55 bits per heavy atom. The maximum atomic E-state index is 12.4. The van der Waals surface area contributed by atoms with Gasteiger partial charge in [0, 0.05) is 12.6 Å². The molecule has 156 valence electrons. The van der Waals surface area contributed by atoms with Gasteiger partial charge in [0.1, 0.15) is 18.1 Å². The second-order valence-corrected chi connectivity index (χ2v) is 7.84. The van der Waals surface area contributed by atoms with Crippen molar-refractivity contribution in [1.82, 2.24) is 4.90 Å². The van der Waals surface area contributed by atoms with E-state index in [9.17, 15) is 9.59 Å². The number of carbonyl (C=O) groups is 2. The molecule has 0 aliphatic heterocycles. The van der Waals surface area contributed by atoms with Crippen molar-refractivity contribution in [3.05, 3.63) is 54.1 Å². The van der Waals surface area contributed by atoms with Gasteiger partial charge in [-0.25, -0.2) is 0 Å². The Labute approximate surface area is 172 Å². The van der Waals surface area contributed by atoms with Crippen LogP contribution in [0, 0.1) is 0 Å². The third kappa shape index (κ3) is 7.14. The van der Waals surface area contributed by atoms with E-state index in [1.165, 1.54) is 17.4 Å². The Morgan fingerprint density at radius 3 is 2.07 bits per heavy atom. The number of amides is 2. The number of ether oxygens (including phenoxy) is 2. The first kappa shape index (κ1) is 22.3. The molecule has 0 atom stereocenters. The highest BCUT2D eigenvalue weighted by Crippen LogP contribution is 2.23. The topological polar surface area (TPSA) is 67.9 Å². The molecule has 0 aromatic heterocycles. The molecule has 2 aromatic carbocycles. The van der Waals surface area contributed by atoms with Gasteiger partial charge in [-0.1, -0.05) is 32.9 Å². The van der Waals surface area contributed by atoms with Gasteiger partial charge >= 0.3 is 0 Å². The Kier molecular flexibility index (Phi) is 7.65. The number of hydrogen-bond donors (Lipinski definition) is 1. The number of hydrogen-bond acceptors (Lipinski definition) is 4. The molecule has 2 rings (SSSR count). The Hall–Kier alpha value is -3.02. The van der Waals surface area contributed by atoms with Crippen LogP contribution < -0.4 is 14.8 Å². The summed E-state index contributed by atoms with van der Waals surface area (Å²) in [4.78, 5) is 25.7. The van der Waals surface area contributed by atoms with Gasteiger partial charge in [-0.2, -0.15) is 0 Å². The van der Waals surface area contributed by atoms with Crippen LogP contribution in [-0.4, -0.2) is 43.5 Å². The molecule has 0 aliphatic carbocycles. The summed E-state index contributed by atoms with van der Waals surface area (Å²) in [5.74, 6) is 1.00. The molecule has 0 aliphatic rings. The van der Waals surface area contributed by atoms with E-state index in [1.54, 1.807) is 31.4 Å². The van der Waals surface area contributed by atoms with E-state index in [0.717, 1.165) is 5.75 Å². The standard InChI is InChI=1S/C23H30N2O4/c1-17(26)25(14-15-29-21-12-10-20(28-5)11-13-21)16-22(27)24-19-8-6-18(7-9-19)23(2,3)4/h6-13H,14-16H2,1-5H3,(H,24,27). The molecule has 1 N–H and O–H groups in total. The van der Waals surface area contributed by atoms with Crippen LogP contribution in [0.4, 0.5) is 5.69 Å². The van der Waals surface area contributed by atoms with Gasteiger partial charge < -0.3 is 19.7 Å². The average Bonchev–Trinajstić information content (AvgIpc) is 2.67. The summed E-state index contributed by atoms with van der Waals surface area (Å²) in [7, 11) is 1.60. The first-order chi connectivity index (χ1) is 13.7. The molecule has 6 heteroatoms. The van der Waals surface area contributed by atoms with Gasteiger partial charge in [-0.05, 0) is 47.4 Å². The SMILES string of the molecule is COc1ccc(OCCN(CC(=O)Nc2ccc(C(C)(C)C)cc2)C(C)=O)cc1. The zero-order valence-electron chi connectivity index (χ0n) is 17.8. The van der Waals surface area contributed by atoms with Crippen LogP contribution in [0.25, 0.3) is 0 Å². The minimum atomic E-state index is -0.242. The summed E-state index contributed by atoms with van der Waals surface area (Å²) in [6, 6.07) is 15.0. The zero-order chi connectivity index (χ0) is 21.4. The minimum Gasteiger partial charge on any atom is -0.497 e. The number of carbonyl (C=O) groups excluding carboxylic acids is 2. The van der Waals surface area contributed by atoms with Gasteiger partial charge in [0.15, 0.2) is 0 Å². The van der Waals surface area contributed by atoms with Crippen LogP contribution in [0.2, 0.25) is 0 Å². The molecule has 29 heavy (non-hydrogen) atoms. The fourth-order valence-electron chi connectivity index (χ4n) is 2.72. The molecular weight excluding hydrogens is 368 g/mol. The first-order valence-electron chi connectivity index (χ1n) is 9.62. The molecule has 0 spiro atoms. The fraction of sp³-hybridized carbons (Fsp3) is 0.391. The van der Waals surface area contributed by atoms with Crippen LogP contribution in [0.1, 0.15) is 33.3 Å². The third-order valence-electron chi connectivity index (χ3n) is 4.50. The number of nitrogens with one attached hydrogen (secondary N) is 1. The fourth-order valence-corrected chi connectivity index (χ4v) is 2.72. The maximum absolute atomic E-state index is 12.4. The summed E-state index contributed by atoms with van der Waals surface area (Å²) >= 11 is 0. The van der Waals surface area contributed by atoms with Crippen molar-refractivity contribution in [2.24, 2.45) is 0 Å². The van der Waals surface area contributed by atoms with E-state index >= 15 is 0 Å². The molecule has 6 nitrogen and oxygen atoms in total. The van der Waals surface area contributed by atoms with E-state index in [-0.39, 0.29) is 23.8 Å². The van der Waals surface area contributed by atoms with Crippen molar-refractivity contribution in [3.63, 3.8) is 0 Å². The molecule has 0 fully saturated rings. The van der Waals surface area contributed by atoms with E-state index in [2.05, 4.69) is 26.1 Å². The second-order valence-electron chi connectivity index (χ2n) is 7.84. The molecule has 0 bridgehead atoms. The predicted octanol–water partition coefficient (Wildman–Crippen LogP) is 3.86. The zero-order valence-corrected chi connectivity index (χ0v) is 17.8. The smallest absolute Gasteiger partial charge is 0.243 e. The molecule has 0 radical (unpaired) electrons. The molecular formula is C23H30N2O4. The quantitative estimate of drug-likeness (QED) is 0.733. The van der Waals surface area contributed by atoms with Gasteiger partial charge in [0.25, 0.3) is 0 Å². The summed E-state index contributed by atoms with van der Waals surface area (Å²) in [5, 5.41) is 2.84. The van der Waals surface area contributed by atoms with Crippen LogP contribution in [0.15, 0.2) is 48.5 Å². The molecule has 0 saturated carbocycles. The lowest BCUT2D eigenvalue weighted by molar-refractivity contribution is -0.133. The van der Waals surface area contributed by atoms with Gasteiger partial charge in [-0.3, -0.25) is 9.59 Å². The number of nitrogens with zero attached hydrogens (tertiary/aromatic N) is 1. The molecule has 0 saturated heterocycles. The molecule has 2 amide bonds. The lowest BCUT2D eigenvalue weighted by atomic mass is 9.87. The van der Waals surface area contributed by atoms with Crippen LogP contribution in [0.3, 0.4) is 0 Å². The minimum absolute atomic E-state index is 0.0255. The largest absolute Gasteiger partial charge is 0.497 e. The van der Waals surface area contributed by atoms with Gasteiger partial charge in [-0.15, -0.1) is 0 Å². The summed E-state index contributed by atoms with van der Waals surface area (Å²) in [5.41, 5.74) is 1.95. The highest BCUT2D eigenvalue weighted by molar-refractivity contribution is 5.94. The summed E-state index contributed by atoms with van der Waals surface area (Å²) in [6.45, 7) is 8.44. The van der Waals surface area contributed by atoms with Crippen LogP contribution in [-0.2, 0) is 15.0 Å². The van der Waals surface area contributed by atoms with E-state index < -0.39 is 0 Å². The summed E-state index contributed by atoms with van der Waals surface area (Å²) < 4.78 is 10.8. The van der Waals surface area contributed by atoms with Crippen LogP contribution >= 0.6 is 0 Å². The highest BCUT2D eigenvalue weighted by Gasteiger charge is 2.15. The predicted molar refractivity (Wildman–Crippen MR) is 115 cm³/mol. The van der Waals surface area contributed by atoms with Crippen molar-refractivity contribution in [2.75, 3.05) is 32.1 Å². The molecule has 0 heterocycles. The van der Waals surface area contributed by atoms with Crippen molar-refractivity contribution >= 4 is 17.5 Å². The molecule has 2 aromatic rings. The van der Waals surface area contributed by atoms with Crippen molar-refractivity contribution < 1.29 is 19.1 Å². The Morgan fingerprint density at radius 1 is 0.966 bits per heavy atom. The van der Waals surface area contributed by atoms with E-state index in [0.29, 0.717) is 24.6 Å². The van der Waals surface area contributed by atoms with Crippen molar-refractivity contribution in [3.8, 4) is 11.5 Å². The monoisotopic (exact) mass is 398 g/mol. The number of benzene rings is 2. The average molecular weight is 399 g/mol. The highest BCUT2D eigenvalue weighted by atomic mass is 16.5. The van der Waals surface area contributed by atoms with Crippen molar-refractivity contribution in [1.29, 1.82) is 0 Å². The second kappa shape index (κ2) is 9.96. The number of rotatable bonds is 8. The number of anilines is 1. The normalized spacial score (nSPS) is 10.9. The molecule has 0 unspecified atom stereocenters. The lowest BCUT2D eigenvalue weighted by Crippen LogP contribution is -2.39. The lowest BCUT2D eigenvalue weighted by Gasteiger charge is -2.21. The van der Waals surface area contributed by atoms with E-state index in [4.69, 9.17) is 9.47 Å². The maximum Gasteiger partial charge on any atom is 0.243 e. The van der Waals surface area contributed by atoms with Gasteiger partial charge in [0.05, 0.1) is 20.2 Å². The van der Waals surface area contributed by atoms with Gasteiger partial charge in [0.2, 0.25) is 11.8 Å². The Bertz CT molecular complexity index is 808. The summed E-state index contributed by atoms with van der Waals surface area (Å²) in [6.07, 6.45) is 0.